The number of hydrogen-bond donors (Lipinski definition) is 0. The smallest absolute Gasteiger partial charge is 0.334 e. The van der Waals surface area contributed by atoms with E-state index in [4.69, 9.17) is 13.7 Å². The Hall–Kier alpha value is -1.17. The summed E-state index contributed by atoms with van der Waals surface area (Å²) in [5.41, 5.74) is 2.33. The molecule has 0 saturated heterocycles. The van der Waals surface area contributed by atoms with Crippen LogP contribution < -0.4 is 4.84 Å². The Balaban J connectivity index is 1.83. The first kappa shape index (κ1) is 16.2. The molecule has 1 aromatic carbocycles. The van der Waals surface area contributed by atoms with E-state index < -0.39 is 8.56 Å². The molecule has 0 unspecified atom stereocenters. The Morgan fingerprint density at radius 3 is 2.62 bits per heavy atom. The van der Waals surface area contributed by atoms with E-state index in [0.717, 1.165) is 50.0 Å². The summed E-state index contributed by atoms with van der Waals surface area (Å²) >= 11 is 0. The molecule has 21 heavy (non-hydrogen) atoms. The first-order chi connectivity index (χ1) is 10.2. The van der Waals surface area contributed by atoms with Gasteiger partial charge in [0.2, 0.25) is 0 Å². The largest absolute Gasteiger partial charge is 0.395 e. The summed E-state index contributed by atoms with van der Waals surface area (Å²) in [4.78, 5) is 5.45. The number of benzene rings is 1. The van der Waals surface area contributed by atoms with Gasteiger partial charge in [0.25, 0.3) is 0 Å². The van der Waals surface area contributed by atoms with Gasteiger partial charge in [0, 0.05) is 25.2 Å². The Labute approximate surface area is 128 Å². The van der Waals surface area contributed by atoms with Crippen molar-refractivity contribution in [3.05, 3.63) is 29.8 Å². The molecule has 1 heterocycles. The molecule has 0 fully saturated rings. The first-order valence-corrected chi connectivity index (χ1v) is 10.3. The van der Waals surface area contributed by atoms with Gasteiger partial charge in [0.1, 0.15) is 0 Å². The van der Waals surface area contributed by atoms with Crippen LogP contribution in [0.2, 0.25) is 12.6 Å². The highest BCUT2D eigenvalue weighted by atomic mass is 28.4. The van der Waals surface area contributed by atoms with Gasteiger partial charge in [-0.3, -0.25) is 0 Å². The van der Waals surface area contributed by atoms with Crippen LogP contribution in [0, 0.1) is 0 Å². The van der Waals surface area contributed by atoms with Crippen molar-refractivity contribution in [3.8, 4) is 5.75 Å². The van der Waals surface area contributed by atoms with Crippen LogP contribution in [0.3, 0.4) is 0 Å². The quantitative estimate of drug-likeness (QED) is 0.684. The summed E-state index contributed by atoms with van der Waals surface area (Å²) in [6, 6.07) is 9.07. The van der Waals surface area contributed by atoms with Crippen molar-refractivity contribution < 1.29 is 13.7 Å². The van der Waals surface area contributed by atoms with E-state index in [9.17, 15) is 0 Å². The van der Waals surface area contributed by atoms with Gasteiger partial charge in [-0.05, 0) is 45.3 Å². The number of fused-ring (bicyclic) bond motifs is 1. The minimum Gasteiger partial charge on any atom is -0.395 e. The average molecular weight is 307 g/mol. The third-order valence-electron chi connectivity index (χ3n) is 3.64. The maximum atomic E-state index is 5.86. The summed E-state index contributed by atoms with van der Waals surface area (Å²) in [6.45, 7) is 7.65. The van der Waals surface area contributed by atoms with E-state index >= 15 is 0 Å². The van der Waals surface area contributed by atoms with Crippen LogP contribution >= 0.6 is 0 Å². The number of para-hydroxylation sites is 1. The fourth-order valence-electron chi connectivity index (χ4n) is 2.65. The van der Waals surface area contributed by atoms with Crippen LogP contribution in [0.25, 0.3) is 0 Å². The highest BCUT2D eigenvalue weighted by molar-refractivity contribution is 6.66. The van der Waals surface area contributed by atoms with Gasteiger partial charge in [-0.1, -0.05) is 23.4 Å². The van der Waals surface area contributed by atoms with Gasteiger partial charge in [-0.2, -0.15) is 0 Å². The molecule has 0 amide bonds. The third kappa shape index (κ3) is 4.66. The average Bonchev–Trinajstić information content (AvgIpc) is 2.47. The standard InChI is InChI=1S/C16H25NO3Si/c1-4-18-21(3,19-5-2)12-8-10-15-13-14-9-6-7-11-16(14)20-17-15/h6-7,9,11H,4-5,8,10,12-13H2,1-3H3. The van der Waals surface area contributed by atoms with E-state index in [1.54, 1.807) is 0 Å². The number of rotatable bonds is 8. The minimum atomic E-state index is -2.00. The molecule has 0 bridgehead atoms. The molecular formula is C16H25NO3Si. The lowest BCUT2D eigenvalue weighted by Crippen LogP contribution is -2.38. The second kappa shape index (κ2) is 7.73. The second-order valence-electron chi connectivity index (χ2n) is 5.39. The van der Waals surface area contributed by atoms with E-state index in [-0.39, 0.29) is 0 Å². The highest BCUT2D eigenvalue weighted by Crippen LogP contribution is 2.25. The van der Waals surface area contributed by atoms with Crippen molar-refractivity contribution in [1.29, 1.82) is 0 Å². The molecule has 116 valence electrons. The fourth-order valence-corrected chi connectivity index (χ4v) is 5.06. The molecule has 2 rings (SSSR count). The van der Waals surface area contributed by atoms with Crippen LogP contribution in [-0.2, 0) is 15.3 Å². The van der Waals surface area contributed by atoms with Crippen molar-refractivity contribution in [1.82, 2.24) is 0 Å². The SMILES string of the molecule is CCO[Si](C)(CCCC1=NOc2ccccc2C1)OCC. The predicted molar refractivity (Wildman–Crippen MR) is 87.1 cm³/mol. The Morgan fingerprint density at radius 2 is 1.90 bits per heavy atom. The van der Waals surface area contributed by atoms with Gasteiger partial charge in [0.15, 0.2) is 5.75 Å². The maximum Gasteiger partial charge on any atom is 0.334 e. The van der Waals surface area contributed by atoms with E-state index in [2.05, 4.69) is 17.8 Å². The molecular weight excluding hydrogens is 282 g/mol. The zero-order valence-corrected chi connectivity index (χ0v) is 14.2. The lowest BCUT2D eigenvalue weighted by Gasteiger charge is -2.26. The zero-order valence-electron chi connectivity index (χ0n) is 13.2. The molecule has 0 radical (unpaired) electrons. The van der Waals surface area contributed by atoms with Crippen LogP contribution in [0.15, 0.2) is 29.4 Å². The maximum absolute atomic E-state index is 5.86. The summed E-state index contributed by atoms with van der Waals surface area (Å²) in [6.07, 6.45) is 2.86. The fraction of sp³-hybridized carbons (Fsp3) is 0.562. The molecule has 0 saturated carbocycles. The van der Waals surface area contributed by atoms with Crippen molar-refractivity contribution in [2.75, 3.05) is 13.2 Å². The molecule has 0 aliphatic carbocycles. The first-order valence-electron chi connectivity index (χ1n) is 7.75. The van der Waals surface area contributed by atoms with Crippen LogP contribution in [0.4, 0.5) is 0 Å². The molecule has 4 nitrogen and oxygen atoms in total. The van der Waals surface area contributed by atoms with Gasteiger partial charge < -0.3 is 13.7 Å². The summed E-state index contributed by atoms with van der Waals surface area (Å²) in [5, 5.41) is 4.23. The molecule has 0 spiro atoms. The van der Waals surface area contributed by atoms with E-state index in [1.807, 2.05) is 32.0 Å². The third-order valence-corrected chi connectivity index (χ3v) is 6.70. The number of hydrogen-bond acceptors (Lipinski definition) is 4. The number of nitrogens with zero attached hydrogens (tertiary/aromatic N) is 1. The van der Waals surface area contributed by atoms with Crippen LogP contribution in [0.1, 0.15) is 32.3 Å². The highest BCUT2D eigenvalue weighted by Gasteiger charge is 2.30. The number of oxime groups is 1. The monoisotopic (exact) mass is 307 g/mol. The lowest BCUT2D eigenvalue weighted by molar-refractivity contribution is 0.188. The zero-order chi connectivity index (χ0) is 15.1. The van der Waals surface area contributed by atoms with Crippen molar-refractivity contribution in [3.63, 3.8) is 0 Å². The second-order valence-corrected chi connectivity index (χ2v) is 8.73. The molecule has 5 heteroatoms. The topological polar surface area (TPSA) is 40.0 Å². The van der Waals surface area contributed by atoms with Gasteiger partial charge in [-0.15, -0.1) is 0 Å². The Kier molecular flexibility index (Phi) is 5.96. The summed E-state index contributed by atoms with van der Waals surface area (Å²) in [7, 11) is -2.00. The normalized spacial score (nSPS) is 14.3. The van der Waals surface area contributed by atoms with Crippen LogP contribution in [-0.4, -0.2) is 27.5 Å². The van der Waals surface area contributed by atoms with Crippen molar-refractivity contribution in [2.45, 2.75) is 45.7 Å². The molecule has 1 aliphatic heterocycles. The van der Waals surface area contributed by atoms with Gasteiger partial charge >= 0.3 is 8.56 Å². The van der Waals surface area contributed by atoms with Crippen LogP contribution in [0.5, 0.6) is 5.75 Å². The molecule has 1 aliphatic rings. The summed E-state index contributed by atoms with van der Waals surface area (Å²) < 4.78 is 11.7. The minimum absolute atomic E-state index is 0.722. The Bertz CT molecular complexity index is 484. The molecule has 0 aromatic heterocycles. The van der Waals surface area contributed by atoms with Crippen molar-refractivity contribution in [2.24, 2.45) is 5.16 Å². The van der Waals surface area contributed by atoms with Gasteiger partial charge in [0.05, 0.1) is 5.71 Å². The molecule has 1 aromatic rings. The van der Waals surface area contributed by atoms with Crippen molar-refractivity contribution >= 4 is 14.3 Å². The molecule has 0 N–H and O–H groups in total. The summed E-state index contributed by atoms with van der Waals surface area (Å²) in [5.74, 6) is 0.879. The van der Waals surface area contributed by atoms with Gasteiger partial charge in [-0.25, -0.2) is 0 Å². The lowest BCUT2D eigenvalue weighted by atomic mass is 10.0. The Morgan fingerprint density at radius 1 is 1.19 bits per heavy atom. The van der Waals surface area contributed by atoms with E-state index in [0.29, 0.717) is 0 Å². The van der Waals surface area contributed by atoms with E-state index in [1.165, 1.54) is 5.56 Å². The molecule has 0 atom stereocenters. The predicted octanol–water partition coefficient (Wildman–Crippen LogP) is 3.90.